The first-order chi connectivity index (χ1) is 8.92. The molecule has 0 saturated heterocycles. The number of aromatic nitrogens is 1. The molecule has 2 aromatic rings. The summed E-state index contributed by atoms with van der Waals surface area (Å²) < 4.78 is 27.0. The molecule has 0 amide bonds. The van der Waals surface area contributed by atoms with E-state index < -0.39 is 10.0 Å². The summed E-state index contributed by atoms with van der Waals surface area (Å²) in [6.07, 6.45) is 1.40. The van der Waals surface area contributed by atoms with Gasteiger partial charge in [0.25, 0.3) is 10.0 Å². The van der Waals surface area contributed by atoms with E-state index >= 15 is 0 Å². The van der Waals surface area contributed by atoms with Gasteiger partial charge in [-0.15, -0.1) is 0 Å². The van der Waals surface area contributed by atoms with Crippen molar-refractivity contribution in [3.63, 3.8) is 0 Å². The van der Waals surface area contributed by atoms with Gasteiger partial charge in [-0.25, -0.2) is 4.98 Å². The summed E-state index contributed by atoms with van der Waals surface area (Å²) in [6, 6.07) is 8.51. The minimum atomic E-state index is -3.77. The summed E-state index contributed by atoms with van der Waals surface area (Å²) in [4.78, 5) is 3.82. The second-order valence-corrected chi connectivity index (χ2v) is 5.85. The lowest BCUT2D eigenvalue weighted by Crippen LogP contribution is -2.17. The van der Waals surface area contributed by atoms with Gasteiger partial charge in [-0.05, 0) is 43.2 Å². The number of hydrogen-bond acceptors (Lipinski definition) is 4. The molecular weight excluding hydrogens is 262 g/mol. The van der Waals surface area contributed by atoms with E-state index in [4.69, 9.17) is 5.73 Å². The number of nitrogen functional groups attached to an aromatic ring is 1. The summed E-state index contributed by atoms with van der Waals surface area (Å²) in [6.45, 7) is 3.78. The molecule has 0 atom stereocenters. The van der Waals surface area contributed by atoms with E-state index in [1.807, 2.05) is 19.9 Å². The van der Waals surface area contributed by atoms with E-state index in [1.165, 1.54) is 12.3 Å². The van der Waals surface area contributed by atoms with Crippen LogP contribution in [0.3, 0.4) is 0 Å². The summed E-state index contributed by atoms with van der Waals surface area (Å²) in [5.74, 6) is 0. The van der Waals surface area contributed by atoms with E-state index in [0.29, 0.717) is 5.69 Å². The fraction of sp³-hybridized carbons (Fsp3) is 0.154. The highest BCUT2D eigenvalue weighted by Crippen LogP contribution is 2.23. The molecule has 0 aliphatic carbocycles. The van der Waals surface area contributed by atoms with E-state index in [2.05, 4.69) is 9.71 Å². The lowest BCUT2D eigenvalue weighted by molar-refractivity contribution is 0.598. The Labute approximate surface area is 112 Å². The Bertz CT molecular complexity index is 712. The highest BCUT2D eigenvalue weighted by Gasteiger charge is 2.19. The maximum Gasteiger partial charge on any atom is 0.281 e. The number of pyridine rings is 1. The van der Waals surface area contributed by atoms with Gasteiger partial charge < -0.3 is 5.73 Å². The quantitative estimate of drug-likeness (QED) is 0.899. The molecule has 19 heavy (non-hydrogen) atoms. The molecule has 2 rings (SSSR count). The van der Waals surface area contributed by atoms with Crippen LogP contribution in [0.4, 0.5) is 11.4 Å². The van der Waals surface area contributed by atoms with Crippen LogP contribution in [-0.2, 0) is 10.0 Å². The number of nitrogens with zero attached hydrogens (tertiary/aromatic N) is 1. The van der Waals surface area contributed by atoms with Crippen molar-refractivity contribution in [1.82, 2.24) is 4.98 Å². The van der Waals surface area contributed by atoms with Gasteiger partial charge in [-0.2, -0.15) is 8.42 Å². The fourth-order valence-corrected chi connectivity index (χ4v) is 2.87. The van der Waals surface area contributed by atoms with Gasteiger partial charge in [0.1, 0.15) is 0 Å². The van der Waals surface area contributed by atoms with Crippen molar-refractivity contribution in [3.05, 3.63) is 47.7 Å². The van der Waals surface area contributed by atoms with E-state index in [0.717, 1.165) is 11.1 Å². The number of anilines is 2. The standard InChI is InChI=1S/C13H15N3O2S/c1-9-5-3-7-12(10(9)2)16-19(17,18)13-11(14)6-4-8-15-13/h3-8,16H,14H2,1-2H3. The third-order valence-electron chi connectivity index (χ3n) is 2.90. The average molecular weight is 277 g/mol. The van der Waals surface area contributed by atoms with Crippen LogP contribution in [0.25, 0.3) is 0 Å². The molecule has 1 heterocycles. The molecule has 0 aliphatic rings. The zero-order valence-electron chi connectivity index (χ0n) is 10.7. The molecule has 1 aromatic heterocycles. The molecule has 6 heteroatoms. The molecule has 100 valence electrons. The van der Waals surface area contributed by atoms with Gasteiger partial charge in [0, 0.05) is 6.20 Å². The third kappa shape index (κ3) is 2.68. The van der Waals surface area contributed by atoms with Gasteiger partial charge >= 0.3 is 0 Å². The predicted molar refractivity (Wildman–Crippen MR) is 75.4 cm³/mol. The smallest absolute Gasteiger partial charge is 0.281 e. The zero-order valence-corrected chi connectivity index (χ0v) is 11.5. The van der Waals surface area contributed by atoms with Crippen LogP contribution in [0.2, 0.25) is 0 Å². The zero-order chi connectivity index (χ0) is 14.0. The Morgan fingerprint density at radius 2 is 1.89 bits per heavy atom. The van der Waals surface area contributed by atoms with E-state index in [1.54, 1.807) is 18.2 Å². The minimum Gasteiger partial charge on any atom is -0.396 e. The van der Waals surface area contributed by atoms with Gasteiger partial charge in [0.2, 0.25) is 0 Å². The first kappa shape index (κ1) is 13.4. The van der Waals surface area contributed by atoms with Crippen LogP contribution < -0.4 is 10.5 Å². The highest BCUT2D eigenvalue weighted by molar-refractivity contribution is 7.92. The van der Waals surface area contributed by atoms with Crippen molar-refractivity contribution >= 4 is 21.4 Å². The van der Waals surface area contributed by atoms with Crippen molar-refractivity contribution in [3.8, 4) is 0 Å². The summed E-state index contributed by atoms with van der Waals surface area (Å²) in [5.41, 5.74) is 8.19. The van der Waals surface area contributed by atoms with Crippen LogP contribution >= 0.6 is 0 Å². The second-order valence-electron chi connectivity index (χ2n) is 4.25. The number of aryl methyl sites for hydroxylation is 1. The number of sulfonamides is 1. The second kappa shape index (κ2) is 4.89. The van der Waals surface area contributed by atoms with E-state index in [-0.39, 0.29) is 10.7 Å². The molecule has 5 nitrogen and oxygen atoms in total. The molecular formula is C13H15N3O2S. The Kier molecular flexibility index (Phi) is 3.44. The van der Waals surface area contributed by atoms with Crippen LogP contribution in [0.15, 0.2) is 41.6 Å². The Balaban J connectivity index is 2.43. The predicted octanol–water partition coefficient (Wildman–Crippen LogP) is 2.08. The normalized spacial score (nSPS) is 11.3. The molecule has 3 N–H and O–H groups in total. The number of hydrogen-bond donors (Lipinski definition) is 2. The van der Waals surface area contributed by atoms with Crippen molar-refractivity contribution in [2.24, 2.45) is 0 Å². The fourth-order valence-electron chi connectivity index (χ4n) is 1.68. The monoisotopic (exact) mass is 277 g/mol. The van der Waals surface area contributed by atoms with Crippen molar-refractivity contribution < 1.29 is 8.42 Å². The molecule has 0 spiro atoms. The molecule has 0 fully saturated rings. The molecule has 0 radical (unpaired) electrons. The highest BCUT2D eigenvalue weighted by atomic mass is 32.2. The van der Waals surface area contributed by atoms with Crippen molar-refractivity contribution in [1.29, 1.82) is 0 Å². The average Bonchev–Trinajstić information content (AvgIpc) is 2.35. The SMILES string of the molecule is Cc1cccc(NS(=O)(=O)c2ncccc2N)c1C. The number of benzene rings is 1. The number of nitrogens with two attached hydrogens (primary N) is 1. The van der Waals surface area contributed by atoms with E-state index in [9.17, 15) is 8.42 Å². The van der Waals surface area contributed by atoms with Crippen LogP contribution in [0.1, 0.15) is 11.1 Å². The van der Waals surface area contributed by atoms with Gasteiger partial charge in [-0.3, -0.25) is 4.72 Å². The summed E-state index contributed by atoms with van der Waals surface area (Å²) >= 11 is 0. The largest absolute Gasteiger partial charge is 0.396 e. The molecule has 1 aromatic carbocycles. The van der Waals surface area contributed by atoms with Crippen molar-refractivity contribution in [2.75, 3.05) is 10.5 Å². The maximum atomic E-state index is 12.2. The Morgan fingerprint density at radius 1 is 1.16 bits per heavy atom. The topological polar surface area (TPSA) is 85.1 Å². The molecule has 0 unspecified atom stereocenters. The van der Waals surface area contributed by atoms with Gasteiger partial charge in [0.15, 0.2) is 5.03 Å². The first-order valence-electron chi connectivity index (χ1n) is 5.71. The molecule has 0 aliphatic heterocycles. The lowest BCUT2D eigenvalue weighted by Gasteiger charge is -2.12. The molecule has 0 saturated carbocycles. The first-order valence-corrected chi connectivity index (χ1v) is 7.19. The molecule has 0 bridgehead atoms. The maximum absolute atomic E-state index is 12.2. The van der Waals surface area contributed by atoms with Crippen LogP contribution in [0.5, 0.6) is 0 Å². The Morgan fingerprint density at radius 3 is 2.58 bits per heavy atom. The number of nitrogens with one attached hydrogen (secondary N) is 1. The van der Waals surface area contributed by atoms with Crippen LogP contribution in [-0.4, -0.2) is 13.4 Å². The van der Waals surface area contributed by atoms with Crippen molar-refractivity contribution in [2.45, 2.75) is 18.9 Å². The lowest BCUT2D eigenvalue weighted by atomic mass is 10.1. The summed E-state index contributed by atoms with van der Waals surface area (Å²) in [5, 5.41) is -0.157. The Hall–Kier alpha value is -2.08. The third-order valence-corrected chi connectivity index (χ3v) is 4.24. The van der Waals surface area contributed by atoms with Gasteiger partial charge in [0.05, 0.1) is 11.4 Å². The number of rotatable bonds is 3. The van der Waals surface area contributed by atoms with Crippen LogP contribution in [0, 0.1) is 13.8 Å². The minimum absolute atomic E-state index is 0.125. The van der Waals surface area contributed by atoms with Gasteiger partial charge in [-0.1, -0.05) is 12.1 Å². The summed E-state index contributed by atoms with van der Waals surface area (Å²) in [7, 11) is -3.77.